The Morgan fingerprint density at radius 2 is 1.31 bits per heavy atom. The summed E-state index contributed by atoms with van der Waals surface area (Å²) in [6.07, 6.45) is 0.371. The van der Waals surface area contributed by atoms with Crippen LogP contribution in [0, 0.1) is 0 Å². The highest BCUT2D eigenvalue weighted by molar-refractivity contribution is 7.92. The maximum Gasteiger partial charge on any atom is 0.207 e. The van der Waals surface area contributed by atoms with E-state index in [1.54, 1.807) is 35.4 Å². The van der Waals surface area contributed by atoms with Crippen molar-refractivity contribution >= 4 is 15.5 Å². The topological polar surface area (TPSA) is 46.6 Å². The number of hydroxylamine groups is 1. The second-order valence-corrected chi connectivity index (χ2v) is 8.30. The number of anilines is 1. The second kappa shape index (κ2) is 6.94. The Morgan fingerprint density at radius 3 is 1.92 bits per heavy atom. The highest BCUT2D eigenvalue weighted by Gasteiger charge is 2.42. The van der Waals surface area contributed by atoms with Crippen molar-refractivity contribution in [3.05, 3.63) is 96.6 Å². The number of nitrogens with zero attached hydrogens (tertiary/aromatic N) is 1. The van der Waals surface area contributed by atoms with Crippen LogP contribution in [-0.4, -0.2) is 13.9 Å². The van der Waals surface area contributed by atoms with Gasteiger partial charge in [0, 0.05) is 6.42 Å². The number of hydrogen-bond acceptors (Lipinski definition) is 4. The lowest BCUT2D eigenvalue weighted by atomic mass is 10.0. The summed E-state index contributed by atoms with van der Waals surface area (Å²) in [7, 11) is -3.58. The monoisotopic (exact) mass is 365 g/mol. The van der Waals surface area contributed by atoms with Crippen LogP contribution >= 0.6 is 0 Å². The molecule has 4 rings (SSSR count). The van der Waals surface area contributed by atoms with Gasteiger partial charge in [-0.05, 0) is 29.8 Å². The molecule has 1 heterocycles. The van der Waals surface area contributed by atoms with E-state index in [1.165, 1.54) is 0 Å². The van der Waals surface area contributed by atoms with Gasteiger partial charge in [0.05, 0.1) is 16.6 Å². The summed E-state index contributed by atoms with van der Waals surface area (Å²) < 4.78 is 26.1. The third-order valence-corrected chi connectivity index (χ3v) is 6.44. The van der Waals surface area contributed by atoms with Crippen LogP contribution in [-0.2, 0) is 14.7 Å². The SMILES string of the molecule is O=S(=O)(c1ccccc1)[C@@H]1C[C@@H](c2ccccc2)N(c2ccccc2)O1. The van der Waals surface area contributed by atoms with Crippen LogP contribution in [0.4, 0.5) is 5.69 Å². The van der Waals surface area contributed by atoms with Gasteiger partial charge in [-0.1, -0.05) is 66.7 Å². The van der Waals surface area contributed by atoms with Crippen molar-refractivity contribution in [2.24, 2.45) is 0 Å². The fraction of sp³-hybridized carbons (Fsp3) is 0.143. The summed E-state index contributed by atoms with van der Waals surface area (Å²) in [5.74, 6) is 0. The predicted octanol–water partition coefficient (Wildman–Crippen LogP) is 4.37. The van der Waals surface area contributed by atoms with Gasteiger partial charge in [-0.15, -0.1) is 0 Å². The lowest BCUT2D eigenvalue weighted by molar-refractivity contribution is 0.131. The molecule has 2 atom stereocenters. The number of rotatable bonds is 4. The van der Waals surface area contributed by atoms with Gasteiger partial charge in [0.15, 0.2) is 5.44 Å². The van der Waals surface area contributed by atoms with Gasteiger partial charge in [0.2, 0.25) is 9.84 Å². The lowest BCUT2D eigenvalue weighted by Crippen LogP contribution is -2.25. The first-order chi connectivity index (χ1) is 12.7. The van der Waals surface area contributed by atoms with E-state index in [1.807, 2.05) is 60.7 Å². The Hall–Kier alpha value is -2.63. The van der Waals surface area contributed by atoms with Crippen LogP contribution in [0.5, 0.6) is 0 Å². The minimum atomic E-state index is -3.58. The van der Waals surface area contributed by atoms with Gasteiger partial charge in [0.25, 0.3) is 0 Å². The first-order valence-corrected chi connectivity index (χ1v) is 10.1. The van der Waals surface area contributed by atoms with Crippen LogP contribution in [0.15, 0.2) is 95.9 Å². The van der Waals surface area contributed by atoms with Crippen LogP contribution in [0.3, 0.4) is 0 Å². The molecule has 5 heteroatoms. The molecule has 1 fully saturated rings. The molecular weight excluding hydrogens is 346 g/mol. The van der Waals surface area contributed by atoms with Crippen molar-refractivity contribution in [1.29, 1.82) is 0 Å². The van der Waals surface area contributed by atoms with Gasteiger partial charge in [0.1, 0.15) is 0 Å². The summed E-state index contributed by atoms with van der Waals surface area (Å²) >= 11 is 0. The largest absolute Gasteiger partial charge is 0.253 e. The quantitative estimate of drug-likeness (QED) is 0.689. The number of hydrogen-bond donors (Lipinski definition) is 0. The molecule has 1 aliphatic rings. The Kier molecular flexibility index (Phi) is 4.49. The minimum Gasteiger partial charge on any atom is -0.253 e. The van der Waals surface area contributed by atoms with Crippen LogP contribution in [0.25, 0.3) is 0 Å². The van der Waals surface area contributed by atoms with Gasteiger partial charge in [-0.3, -0.25) is 4.84 Å². The molecule has 0 saturated carbocycles. The maximum absolute atomic E-state index is 13.0. The molecule has 4 nitrogen and oxygen atoms in total. The first-order valence-electron chi connectivity index (χ1n) is 8.51. The molecule has 0 bridgehead atoms. The van der Waals surface area contributed by atoms with Crippen LogP contribution in [0.2, 0.25) is 0 Å². The summed E-state index contributed by atoms with van der Waals surface area (Å²) in [6, 6.07) is 27.8. The smallest absolute Gasteiger partial charge is 0.207 e. The fourth-order valence-electron chi connectivity index (χ4n) is 3.23. The Morgan fingerprint density at radius 1 is 0.769 bits per heavy atom. The summed E-state index contributed by atoms with van der Waals surface area (Å²) in [6.45, 7) is 0. The molecule has 1 saturated heterocycles. The van der Waals surface area contributed by atoms with E-state index in [9.17, 15) is 8.42 Å². The number of para-hydroxylation sites is 1. The van der Waals surface area contributed by atoms with Crippen LogP contribution < -0.4 is 5.06 Å². The normalized spacial score (nSPS) is 20.2. The fourth-order valence-corrected chi connectivity index (χ4v) is 4.71. The zero-order chi connectivity index (χ0) is 18.0. The molecule has 132 valence electrons. The predicted molar refractivity (Wildman–Crippen MR) is 101 cm³/mol. The molecule has 1 aliphatic heterocycles. The van der Waals surface area contributed by atoms with Gasteiger partial charge >= 0.3 is 0 Å². The average molecular weight is 365 g/mol. The zero-order valence-electron chi connectivity index (χ0n) is 14.1. The highest BCUT2D eigenvalue weighted by Crippen LogP contribution is 2.40. The Labute approximate surface area is 153 Å². The third kappa shape index (κ3) is 3.11. The molecule has 3 aromatic rings. The molecule has 0 radical (unpaired) electrons. The van der Waals surface area contributed by atoms with Gasteiger partial charge < -0.3 is 0 Å². The molecule has 0 aliphatic carbocycles. The molecule has 0 aromatic heterocycles. The lowest BCUT2D eigenvalue weighted by Gasteiger charge is -2.24. The van der Waals surface area contributed by atoms with Gasteiger partial charge in [-0.2, -0.15) is 0 Å². The highest BCUT2D eigenvalue weighted by atomic mass is 32.2. The maximum atomic E-state index is 13.0. The molecule has 0 N–H and O–H groups in total. The van der Waals surface area contributed by atoms with E-state index < -0.39 is 15.3 Å². The number of benzene rings is 3. The minimum absolute atomic E-state index is 0.165. The van der Waals surface area contributed by atoms with Crippen LogP contribution in [0.1, 0.15) is 18.0 Å². The summed E-state index contributed by atoms with van der Waals surface area (Å²) in [5, 5.41) is 1.72. The summed E-state index contributed by atoms with van der Waals surface area (Å²) in [5.41, 5.74) is 0.949. The van der Waals surface area contributed by atoms with Crippen molar-refractivity contribution in [3.8, 4) is 0 Å². The molecule has 3 aromatic carbocycles. The first kappa shape index (κ1) is 16.8. The number of sulfone groups is 1. The van der Waals surface area contributed by atoms with Crippen molar-refractivity contribution in [2.45, 2.75) is 22.8 Å². The average Bonchev–Trinajstić information content (AvgIpc) is 3.16. The second-order valence-electron chi connectivity index (χ2n) is 6.22. The van der Waals surface area contributed by atoms with E-state index in [0.717, 1.165) is 11.3 Å². The zero-order valence-corrected chi connectivity index (χ0v) is 14.9. The molecule has 0 spiro atoms. The molecule has 0 unspecified atom stereocenters. The van der Waals surface area contributed by atoms with E-state index in [2.05, 4.69) is 0 Å². The van der Waals surface area contributed by atoms with Crippen molar-refractivity contribution in [2.75, 3.05) is 5.06 Å². The standard InChI is InChI=1S/C21H19NO3S/c23-26(24,19-14-8-3-9-15-19)21-16-20(17-10-4-1-5-11-17)22(25-21)18-12-6-2-7-13-18/h1-15,20-21H,16H2/t20-,21+/m0/s1. The van der Waals surface area contributed by atoms with Crippen molar-refractivity contribution in [1.82, 2.24) is 0 Å². The Bertz CT molecular complexity index is 912. The van der Waals surface area contributed by atoms with E-state index in [4.69, 9.17) is 4.84 Å². The molecule has 26 heavy (non-hydrogen) atoms. The van der Waals surface area contributed by atoms with Gasteiger partial charge in [-0.25, -0.2) is 13.5 Å². The van der Waals surface area contributed by atoms with E-state index in [-0.39, 0.29) is 10.9 Å². The van der Waals surface area contributed by atoms with E-state index in [0.29, 0.717) is 6.42 Å². The molecular formula is C21H19NO3S. The van der Waals surface area contributed by atoms with Crippen molar-refractivity contribution in [3.63, 3.8) is 0 Å². The Balaban J connectivity index is 1.72. The van der Waals surface area contributed by atoms with Crippen molar-refractivity contribution < 1.29 is 13.3 Å². The van der Waals surface area contributed by atoms with E-state index >= 15 is 0 Å². The summed E-state index contributed by atoms with van der Waals surface area (Å²) in [4.78, 5) is 6.26. The third-order valence-electron chi connectivity index (χ3n) is 4.54. The molecule has 0 amide bonds.